The van der Waals surface area contributed by atoms with Crippen LogP contribution in [-0.4, -0.2) is 0 Å². The van der Waals surface area contributed by atoms with Gasteiger partial charge in [-0.1, -0.05) is 70.0 Å². The topological polar surface area (TPSA) is 0 Å². The molecule has 0 saturated heterocycles. The van der Waals surface area contributed by atoms with Crippen molar-refractivity contribution in [1.29, 1.82) is 0 Å². The molecule has 94 valence electrons. The predicted molar refractivity (Wildman–Crippen MR) is 86.8 cm³/mol. The first-order valence-electron chi connectivity index (χ1n) is 6.11. The lowest BCUT2D eigenvalue weighted by Gasteiger charge is -2.14. The van der Waals surface area contributed by atoms with Gasteiger partial charge < -0.3 is 0 Å². The Morgan fingerprint density at radius 3 is 2.42 bits per heavy atom. The van der Waals surface area contributed by atoms with Crippen molar-refractivity contribution < 1.29 is 0 Å². The Kier molecular flexibility index (Phi) is 3.34. The van der Waals surface area contributed by atoms with Crippen molar-refractivity contribution >= 4 is 38.3 Å². The lowest BCUT2D eigenvalue weighted by molar-refractivity contribution is 1.48. The Bertz CT molecular complexity index is 762. The first-order valence-corrected chi connectivity index (χ1v) is 7.28. The molecule has 3 rings (SSSR count). The lowest BCUT2D eigenvalue weighted by Crippen LogP contribution is -1.89. The summed E-state index contributed by atoms with van der Waals surface area (Å²) in [6.45, 7) is 2.07. The van der Waals surface area contributed by atoms with Crippen molar-refractivity contribution in [1.82, 2.24) is 0 Å². The summed E-state index contributed by atoms with van der Waals surface area (Å²) in [5.74, 6) is 0. The normalized spacial score (nSPS) is 10.9. The summed E-state index contributed by atoms with van der Waals surface area (Å²) in [5, 5.41) is 3.21. The molecule has 0 spiro atoms. The smallest absolute Gasteiger partial charge is 0.0447 e. The minimum atomic E-state index is 0.810. The quantitative estimate of drug-likeness (QED) is 0.496. The van der Waals surface area contributed by atoms with Gasteiger partial charge in [-0.3, -0.25) is 0 Å². The second kappa shape index (κ2) is 4.99. The largest absolute Gasteiger partial charge is 0.0840 e. The number of fused-ring (bicyclic) bond motifs is 1. The second-order valence-electron chi connectivity index (χ2n) is 4.56. The van der Waals surface area contributed by atoms with Crippen LogP contribution in [0.15, 0.2) is 59.1 Å². The minimum absolute atomic E-state index is 0.810. The molecular weight excluding hydrogens is 320 g/mol. The maximum absolute atomic E-state index is 6.38. The van der Waals surface area contributed by atoms with Gasteiger partial charge >= 0.3 is 0 Å². The number of benzene rings is 3. The van der Waals surface area contributed by atoms with E-state index in [4.69, 9.17) is 11.6 Å². The standard InChI is InChI=1S/C17H12BrCl/c1-11-16(19)10-12-6-2-3-7-13(12)17(11)14-8-4-5-9-15(14)18/h2-10H,1H3. The minimum Gasteiger partial charge on any atom is -0.0840 e. The van der Waals surface area contributed by atoms with E-state index in [0.717, 1.165) is 15.1 Å². The van der Waals surface area contributed by atoms with Gasteiger partial charge in [-0.15, -0.1) is 0 Å². The van der Waals surface area contributed by atoms with E-state index in [2.05, 4.69) is 59.3 Å². The van der Waals surface area contributed by atoms with E-state index in [1.54, 1.807) is 0 Å². The number of rotatable bonds is 1. The maximum Gasteiger partial charge on any atom is 0.0447 e. The highest BCUT2D eigenvalue weighted by Gasteiger charge is 2.12. The molecular formula is C17H12BrCl. The lowest BCUT2D eigenvalue weighted by atomic mass is 9.94. The van der Waals surface area contributed by atoms with Gasteiger partial charge in [0.2, 0.25) is 0 Å². The Balaban J connectivity index is 2.46. The fourth-order valence-corrected chi connectivity index (χ4v) is 3.12. The Morgan fingerprint density at radius 2 is 1.63 bits per heavy atom. The van der Waals surface area contributed by atoms with Crippen LogP contribution < -0.4 is 0 Å². The van der Waals surface area contributed by atoms with Crippen molar-refractivity contribution in [3.05, 3.63) is 69.7 Å². The fraction of sp³-hybridized carbons (Fsp3) is 0.0588. The molecule has 0 aliphatic heterocycles. The molecule has 0 bridgehead atoms. The van der Waals surface area contributed by atoms with Crippen LogP contribution in [0.25, 0.3) is 21.9 Å². The fourth-order valence-electron chi connectivity index (χ4n) is 2.43. The molecule has 0 amide bonds. The summed E-state index contributed by atoms with van der Waals surface area (Å²) in [4.78, 5) is 0. The third-order valence-corrected chi connectivity index (χ3v) is 4.47. The molecule has 0 aliphatic rings. The summed E-state index contributed by atoms with van der Waals surface area (Å²) in [7, 11) is 0. The van der Waals surface area contributed by atoms with Gasteiger partial charge in [0.1, 0.15) is 0 Å². The van der Waals surface area contributed by atoms with Gasteiger partial charge in [0.15, 0.2) is 0 Å². The van der Waals surface area contributed by atoms with E-state index in [1.807, 2.05) is 18.2 Å². The Hall–Kier alpha value is -1.31. The average molecular weight is 332 g/mol. The van der Waals surface area contributed by atoms with Gasteiger partial charge in [-0.2, -0.15) is 0 Å². The van der Waals surface area contributed by atoms with Crippen molar-refractivity contribution in [2.75, 3.05) is 0 Å². The number of hydrogen-bond acceptors (Lipinski definition) is 0. The van der Waals surface area contributed by atoms with Crippen LogP contribution in [0, 0.1) is 6.92 Å². The van der Waals surface area contributed by atoms with Crippen LogP contribution in [0.4, 0.5) is 0 Å². The maximum atomic E-state index is 6.38. The van der Waals surface area contributed by atoms with Gasteiger partial charge in [0, 0.05) is 9.50 Å². The van der Waals surface area contributed by atoms with Crippen LogP contribution in [-0.2, 0) is 0 Å². The van der Waals surface area contributed by atoms with E-state index >= 15 is 0 Å². The summed E-state index contributed by atoms with van der Waals surface area (Å²) < 4.78 is 1.09. The SMILES string of the molecule is Cc1c(Cl)cc2ccccc2c1-c1ccccc1Br. The van der Waals surface area contributed by atoms with Gasteiger partial charge in [0.05, 0.1) is 0 Å². The molecule has 19 heavy (non-hydrogen) atoms. The Labute approximate surface area is 126 Å². The van der Waals surface area contributed by atoms with Crippen molar-refractivity contribution in [3.8, 4) is 11.1 Å². The van der Waals surface area contributed by atoms with Crippen LogP contribution in [0.2, 0.25) is 5.02 Å². The first kappa shape index (κ1) is 12.7. The number of hydrogen-bond donors (Lipinski definition) is 0. The summed E-state index contributed by atoms with van der Waals surface area (Å²) in [6.07, 6.45) is 0. The molecule has 0 aliphatic carbocycles. The highest BCUT2D eigenvalue weighted by molar-refractivity contribution is 9.10. The molecule has 3 aromatic rings. The molecule has 0 heterocycles. The van der Waals surface area contributed by atoms with Crippen LogP contribution in [0.5, 0.6) is 0 Å². The van der Waals surface area contributed by atoms with Crippen LogP contribution >= 0.6 is 27.5 Å². The van der Waals surface area contributed by atoms with E-state index < -0.39 is 0 Å². The molecule has 0 atom stereocenters. The molecule has 2 heteroatoms. The molecule has 0 nitrogen and oxygen atoms in total. The molecule has 0 unspecified atom stereocenters. The highest BCUT2D eigenvalue weighted by atomic mass is 79.9. The molecule has 0 fully saturated rings. The Morgan fingerprint density at radius 1 is 0.947 bits per heavy atom. The predicted octanol–water partition coefficient (Wildman–Crippen LogP) is 6.23. The van der Waals surface area contributed by atoms with Crippen molar-refractivity contribution in [2.45, 2.75) is 6.92 Å². The van der Waals surface area contributed by atoms with E-state index in [9.17, 15) is 0 Å². The molecule has 0 aromatic heterocycles. The van der Waals surface area contributed by atoms with Crippen LogP contribution in [0.1, 0.15) is 5.56 Å². The third-order valence-electron chi connectivity index (χ3n) is 3.39. The average Bonchev–Trinajstić information content (AvgIpc) is 2.42. The zero-order valence-electron chi connectivity index (χ0n) is 10.5. The van der Waals surface area contributed by atoms with Crippen LogP contribution in [0.3, 0.4) is 0 Å². The molecule has 0 saturated carbocycles. The molecule has 0 radical (unpaired) electrons. The molecule has 0 N–H and O–H groups in total. The first-order chi connectivity index (χ1) is 9.18. The van der Waals surface area contributed by atoms with Gasteiger partial charge in [-0.25, -0.2) is 0 Å². The van der Waals surface area contributed by atoms with E-state index in [0.29, 0.717) is 0 Å². The summed E-state index contributed by atoms with van der Waals surface area (Å²) in [5.41, 5.74) is 3.50. The van der Waals surface area contributed by atoms with Gasteiger partial charge in [0.25, 0.3) is 0 Å². The molecule has 3 aromatic carbocycles. The monoisotopic (exact) mass is 330 g/mol. The zero-order chi connectivity index (χ0) is 13.4. The number of halogens is 2. The van der Waals surface area contributed by atoms with Gasteiger partial charge in [-0.05, 0) is 46.5 Å². The third kappa shape index (κ3) is 2.18. The van der Waals surface area contributed by atoms with Crippen molar-refractivity contribution in [3.63, 3.8) is 0 Å². The van der Waals surface area contributed by atoms with Crippen molar-refractivity contribution in [2.24, 2.45) is 0 Å². The highest BCUT2D eigenvalue weighted by Crippen LogP contribution is 2.39. The summed E-state index contributed by atoms with van der Waals surface area (Å²) in [6, 6.07) is 18.6. The zero-order valence-corrected chi connectivity index (χ0v) is 12.8. The second-order valence-corrected chi connectivity index (χ2v) is 5.82. The van der Waals surface area contributed by atoms with E-state index in [1.165, 1.54) is 21.9 Å². The van der Waals surface area contributed by atoms with E-state index in [-0.39, 0.29) is 0 Å². The summed E-state index contributed by atoms with van der Waals surface area (Å²) >= 11 is 10.0.